The van der Waals surface area contributed by atoms with E-state index >= 15 is 0 Å². The summed E-state index contributed by atoms with van der Waals surface area (Å²) in [5.41, 5.74) is 5.86. The highest BCUT2D eigenvalue weighted by molar-refractivity contribution is 6.42. The molecule has 0 saturated carbocycles. The first-order valence-corrected chi connectivity index (χ1v) is 8.48. The summed E-state index contributed by atoms with van der Waals surface area (Å²) in [6.45, 7) is 3.10. The molecule has 0 bridgehead atoms. The Morgan fingerprint density at radius 1 is 1.30 bits per heavy atom. The number of nitrogens with one attached hydrogen (secondary N) is 1. The lowest BCUT2D eigenvalue weighted by molar-refractivity contribution is -0.123. The summed E-state index contributed by atoms with van der Waals surface area (Å²) in [5, 5.41) is 3.65. The van der Waals surface area contributed by atoms with Crippen LogP contribution in [0.3, 0.4) is 0 Å². The molecule has 1 aliphatic heterocycles. The fourth-order valence-electron chi connectivity index (χ4n) is 2.73. The Hall–Kier alpha value is -1.30. The standard InChI is InChI=1S/C16H21Cl2N3O2/c17-13-5-4-11(9-14(13)18)16(23)20-6-2-8-21-7-1-3-12(10-21)15(19)22/h4-5,9,12H,1-3,6-8,10H2,(H2,19,22)(H,20,23). The van der Waals surface area contributed by atoms with Crippen LogP contribution in [-0.2, 0) is 4.79 Å². The minimum Gasteiger partial charge on any atom is -0.369 e. The number of hydrogen-bond donors (Lipinski definition) is 2. The van der Waals surface area contributed by atoms with Crippen molar-refractivity contribution in [2.24, 2.45) is 11.7 Å². The minimum absolute atomic E-state index is 0.0467. The van der Waals surface area contributed by atoms with Crippen molar-refractivity contribution in [1.29, 1.82) is 0 Å². The number of nitrogens with zero attached hydrogens (tertiary/aromatic N) is 1. The summed E-state index contributed by atoms with van der Waals surface area (Å²) in [7, 11) is 0. The van der Waals surface area contributed by atoms with Gasteiger partial charge in [-0.15, -0.1) is 0 Å². The van der Waals surface area contributed by atoms with Gasteiger partial charge in [0.15, 0.2) is 0 Å². The minimum atomic E-state index is -0.220. The summed E-state index contributed by atoms with van der Waals surface area (Å²) < 4.78 is 0. The van der Waals surface area contributed by atoms with E-state index < -0.39 is 0 Å². The van der Waals surface area contributed by atoms with Crippen molar-refractivity contribution in [2.75, 3.05) is 26.2 Å². The molecule has 0 aromatic heterocycles. The molecule has 3 N–H and O–H groups in total. The van der Waals surface area contributed by atoms with E-state index in [0.29, 0.717) is 22.2 Å². The lowest BCUT2D eigenvalue weighted by Crippen LogP contribution is -2.42. The predicted molar refractivity (Wildman–Crippen MR) is 91.8 cm³/mol. The summed E-state index contributed by atoms with van der Waals surface area (Å²) in [5.74, 6) is -0.436. The number of piperidine rings is 1. The Morgan fingerprint density at radius 2 is 2.09 bits per heavy atom. The van der Waals surface area contributed by atoms with Gasteiger partial charge in [0.2, 0.25) is 5.91 Å². The van der Waals surface area contributed by atoms with Crippen molar-refractivity contribution < 1.29 is 9.59 Å². The van der Waals surface area contributed by atoms with E-state index in [2.05, 4.69) is 10.2 Å². The van der Waals surface area contributed by atoms with Crippen LogP contribution >= 0.6 is 23.2 Å². The van der Waals surface area contributed by atoms with Crippen molar-refractivity contribution in [3.8, 4) is 0 Å². The topological polar surface area (TPSA) is 75.4 Å². The van der Waals surface area contributed by atoms with Crippen LogP contribution < -0.4 is 11.1 Å². The van der Waals surface area contributed by atoms with Crippen LogP contribution in [0.5, 0.6) is 0 Å². The molecule has 1 atom stereocenters. The molecule has 2 amide bonds. The highest BCUT2D eigenvalue weighted by Gasteiger charge is 2.23. The Morgan fingerprint density at radius 3 is 2.78 bits per heavy atom. The first-order valence-electron chi connectivity index (χ1n) is 7.72. The van der Waals surface area contributed by atoms with Gasteiger partial charge >= 0.3 is 0 Å². The average molecular weight is 358 g/mol. The third kappa shape index (κ3) is 5.37. The third-order valence-corrected chi connectivity index (χ3v) is 4.77. The van der Waals surface area contributed by atoms with Crippen molar-refractivity contribution in [1.82, 2.24) is 10.2 Å². The Labute approximate surface area is 146 Å². The van der Waals surface area contributed by atoms with Gasteiger partial charge in [-0.25, -0.2) is 0 Å². The molecule has 1 unspecified atom stereocenters. The zero-order chi connectivity index (χ0) is 16.8. The summed E-state index contributed by atoms with van der Waals surface area (Å²) >= 11 is 11.7. The number of likely N-dealkylation sites (tertiary alicyclic amines) is 1. The average Bonchev–Trinajstić information content (AvgIpc) is 2.54. The monoisotopic (exact) mass is 357 g/mol. The number of halogens is 2. The molecule has 1 heterocycles. The molecule has 23 heavy (non-hydrogen) atoms. The van der Waals surface area contributed by atoms with E-state index in [1.54, 1.807) is 18.2 Å². The van der Waals surface area contributed by atoms with Gasteiger partial charge in [-0.05, 0) is 50.6 Å². The first-order chi connectivity index (χ1) is 11.0. The number of carbonyl (C=O) groups is 2. The number of nitrogens with two attached hydrogens (primary N) is 1. The number of primary amides is 1. The molecule has 0 spiro atoms. The number of benzene rings is 1. The van der Waals surface area contributed by atoms with Gasteiger partial charge in [-0.2, -0.15) is 0 Å². The number of hydrogen-bond acceptors (Lipinski definition) is 3. The summed E-state index contributed by atoms with van der Waals surface area (Å²) in [6, 6.07) is 4.81. The molecular formula is C16H21Cl2N3O2. The highest BCUT2D eigenvalue weighted by Crippen LogP contribution is 2.22. The largest absolute Gasteiger partial charge is 0.369 e. The van der Waals surface area contributed by atoms with Crippen molar-refractivity contribution in [2.45, 2.75) is 19.3 Å². The quantitative estimate of drug-likeness (QED) is 0.767. The molecule has 2 rings (SSSR count). The Balaban J connectivity index is 1.71. The van der Waals surface area contributed by atoms with E-state index in [4.69, 9.17) is 28.9 Å². The SMILES string of the molecule is NC(=O)C1CCCN(CCCNC(=O)c2ccc(Cl)c(Cl)c2)C1. The van der Waals surface area contributed by atoms with Crippen molar-refractivity contribution >= 4 is 35.0 Å². The molecule has 1 aliphatic rings. The van der Waals surface area contributed by atoms with Crippen molar-refractivity contribution in [3.63, 3.8) is 0 Å². The van der Waals surface area contributed by atoms with E-state index in [1.165, 1.54) is 0 Å². The highest BCUT2D eigenvalue weighted by atomic mass is 35.5. The van der Waals surface area contributed by atoms with Gasteiger partial charge in [0.1, 0.15) is 0 Å². The number of rotatable bonds is 6. The first kappa shape index (κ1) is 18.0. The van der Waals surface area contributed by atoms with Crippen molar-refractivity contribution in [3.05, 3.63) is 33.8 Å². The number of carbonyl (C=O) groups excluding carboxylic acids is 2. The fourth-order valence-corrected chi connectivity index (χ4v) is 3.03. The molecule has 1 aromatic rings. The van der Waals surface area contributed by atoms with Gasteiger partial charge < -0.3 is 16.0 Å². The van der Waals surface area contributed by atoms with Crippen LogP contribution in [0.4, 0.5) is 0 Å². The van der Waals surface area contributed by atoms with E-state index in [9.17, 15) is 9.59 Å². The van der Waals surface area contributed by atoms with Gasteiger partial charge in [0, 0.05) is 18.7 Å². The molecule has 126 valence electrons. The van der Waals surface area contributed by atoms with E-state index in [1.807, 2.05) is 0 Å². The Bertz CT molecular complexity index is 580. The zero-order valence-corrected chi connectivity index (χ0v) is 14.4. The van der Waals surface area contributed by atoms with Gasteiger partial charge in [0.05, 0.1) is 16.0 Å². The lowest BCUT2D eigenvalue weighted by atomic mass is 9.97. The maximum Gasteiger partial charge on any atom is 0.251 e. The van der Waals surface area contributed by atoms with Crippen LogP contribution in [0.15, 0.2) is 18.2 Å². The van der Waals surface area contributed by atoms with Crippen LogP contribution in [0.2, 0.25) is 10.0 Å². The maximum absolute atomic E-state index is 12.0. The molecule has 1 saturated heterocycles. The molecule has 0 aliphatic carbocycles. The Kier molecular flexibility index (Phi) is 6.69. The van der Waals surface area contributed by atoms with E-state index in [0.717, 1.165) is 38.9 Å². The third-order valence-electron chi connectivity index (χ3n) is 4.03. The number of amides is 2. The maximum atomic E-state index is 12.0. The molecule has 1 aromatic carbocycles. The molecular weight excluding hydrogens is 337 g/mol. The van der Waals surface area contributed by atoms with Crippen LogP contribution in [0, 0.1) is 5.92 Å². The summed E-state index contributed by atoms with van der Waals surface area (Å²) in [6.07, 6.45) is 2.68. The van der Waals surface area contributed by atoms with Crippen LogP contribution in [-0.4, -0.2) is 42.9 Å². The zero-order valence-electron chi connectivity index (χ0n) is 12.9. The second-order valence-corrected chi connectivity index (χ2v) is 6.59. The van der Waals surface area contributed by atoms with Crippen LogP contribution in [0.1, 0.15) is 29.6 Å². The molecule has 5 nitrogen and oxygen atoms in total. The van der Waals surface area contributed by atoms with Gasteiger partial charge in [0.25, 0.3) is 5.91 Å². The predicted octanol–water partition coefficient (Wildman–Crippen LogP) is 2.31. The molecule has 0 radical (unpaired) electrons. The normalized spacial score (nSPS) is 18.6. The second-order valence-electron chi connectivity index (χ2n) is 5.78. The fraction of sp³-hybridized carbons (Fsp3) is 0.500. The van der Waals surface area contributed by atoms with Gasteiger partial charge in [-0.3, -0.25) is 9.59 Å². The van der Waals surface area contributed by atoms with E-state index in [-0.39, 0.29) is 17.7 Å². The van der Waals surface area contributed by atoms with Crippen LogP contribution in [0.25, 0.3) is 0 Å². The molecule has 1 fully saturated rings. The van der Waals surface area contributed by atoms with Gasteiger partial charge in [-0.1, -0.05) is 23.2 Å². The lowest BCUT2D eigenvalue weighted by Gasteiger charge is -2.31. The second kappa shape index (κ2) is 8.52. The summed E-state index contributed by atoms with van der Waals surface area (Å²) in [4.78, 5) is 25.5. The smallest absolute Gasteiger partial charge is 0.251 e. The molecule has 7 heteroatoms.